The fourth-order valence-corrected chi connectivity index (χ4v) is 8.88. The number of carbonyl (C=O) groups is 3. The Kier molecular flexibility index (Phi) is 16.0. The molecule has 5 rings (SSSR count). The summed E-state index contributed by atoms with van der Waals surface area (Å²) in [5, 5.41) is 11.6. The second-order valence-corrected chi connectivity index (χ2v) is 19.7. The molecule has 3 aromatic rings. The molecular weight excluding hydrogens is 877 g/mol. The number of hydrogen-bond donors (Lipinski definition) is 2. The van der Waals surface area contributed by atoms with E-state index in [-0.39, 0.29) is 34.7 Å². The number of allylic oxidation sites excluding steroid dienone is 8. The second-order valence-electron chi connectivity index (χ2n) is 16.8. The van der Waals surface area contributed by atoms with E-state index in [4.69, 9.17) is 9.83 Å². The maximum Gasteiger partial charge on any atom is 0.333 e. The van der Waals surface area contributed by atoms with Gasteiger partial charge in [-0.1, -0.05) is 82.7 Å². The number of nitrogens with zero attached hydrogens (tertiary/aromatic N) is 4. The van der Waals surface area contributed by atoms with Crippen molar-refractivity contribution in [2.24, 2.45) is 4.99 Å². The summed E-state index contributed by atoms with van der Waals surface area (Å²) >= 11 is 0. The average Bonchev–Trinajstić information content (AvgIpc) is 3.66. The molecule has 2 aliphatic rings. The van der Waals surface area contributed by atoms with E-state index in [0.717, 1.165) is 22.5 Å². The number of aliphatic imine (C=N–C) groups is 1. The number of hydrogen-bond acceptors (Lipinski definition) is 12. The first-order chi connectivity index (χ1) is 30.5. The molecular formula is C47H54N4O12S2. The maximum absolute atomic E-state index is 12.3. The lowest BCUT2D eigenvalue weighted by Crippen LogP contribution is -2.32. The fourth-order valence-electron chi connectivity index (χ4n) is 7.86. The molecule has 0 atom stereocenters. The van der Waals surface area contributed by atoms with Crippen molar-refractivity contribution in [2.75, 3.05) is 18.0 Å². The van der Waals surface area contributed by atoms with Gasteiger partial charge in [-0.3, -0.25) is 33.8 Å². The minimum atomic E-state index is -4.47. The summed E-state index contributed by atoms with van der Waals surface area (Å²) in [6.07, 6.45) is 15.9. The van der Waals surface area contributed by atoms with Crippen LogP contribution < -0.4 is 4.90 Å². The minimum absolute atomic E-state index is 0.0102. The first-order valence-electron chi connectivity index (χ1n) is 21.1. The number of non-ortho nitro benzene ring substituents is 1. The highest BCUT2D eigenvalue weighted by Crippen LogP contribution is 2.48. The van der Waals surface area contributed by atoms with Crippen molar-refractivity contribution in [1.29, 1.82) is 0 Å². The topological polar surface area (TPSA) is 231 Å². The molecule has 0 aliphatic carbocycles. The molecule has 2 aliphatic heterocycles. The lowest BCUT2D eigenvalue weighted by Gasteiger charge is -2.28. The number of nitro benzene ring substituents is 1. The Balaban J connectivity index is 1.33. The third-order valence-corrected chi connectivity index (χ3v) is 13.1. The molecule has 1 saturated heterocycles. The Bertz CT molecular complexity index is 2680. The van der Waals surface area contributed by atoms with Crippen LogP contribution in [0.4, 0.5) is 11.4 Å². The van der Waals surface area contributed by atoms with Gasteiger partial charge in [-0.05, 0) is 97.3 Å². The normalized spacial score (nSPS) is 16.5. The molecule has 0 aromatic heterocycles. The molecule has 346 valence electrons. The van der Waals surface area contributed by atoms with Gasteiger partial charge < -0.3 is 9.74 Å². The summed E-state index contributed by atoms with van der Waals surface area (Å²) in [5.41, 5.74) is 3.89. The van der Waals surface area contributed by atoms with Crippen LogP contribution in [0.5, 0.6) is 0 Å². The molecule has 18 heteroatoms. The molecule has 0 bridgehead atoms. The highest BCUT2D eigenvalue weighted by molar-refractivity contribution is 7.86. The van der Waals surface area contributed by atoms with Gasteiger partial charge in [-0.15, -0.1) is 5.06 Å². The lowest BCUT2D eigenvalue weighted by atomic mass is 9.77. The van der Waals surface area contributed by atoms with E-state index in [1.165, 1.54) is 36.4 Å². The number of aryl methyl sites for hydroxylation is 2. The number of anilines is 1. The zero-order valence-electron chi connectivity index (χ0n) is 37.0. The van der Waals surface area contributed by atoms with Gasteiger partial charge in [0.25, 0.3) is 37.7 Å². The molecule has 0 radical (unpaired) electrons. The Morgan fingerprint density at radius 3 is 2.12 bits per heavy atom. The van der Waals surface area contributed by atoms with Crippen LogP contribution >= 0.6 is 0 Å². The predicted molar refractivity (Wildman–Crippen MR) is 246 cm³/mol. The zero-order chi connectivity index (χ0) is 47.7. The van der Waals surface area contributed by atoms with Gasteiger partial charge in [0, 0.05) is 72.4 Å². The standard InChI is InChI=1S/C47H54N4O12S2/c1-33-19-24-36(64(57,58)59)31-38(33)46(2,3)41(48-29-14-15-34-20-22-35(23-21-34)51(55)56)16-10-7-6-8-11-17-42-47(4,5)39-32-37(65(60,61)62)25-26-40(39)49(42)30-13-9-12-18-45(54)63-50-43(52)27-28-44(50)53/h6-8,10-11,16-17,19-26,31-32H,9,12-15,18,27-30H2,1-5H3,(H,57,58,59)(H,60,61,62)/b7-6+,11-8+,16-10+,42-17+,48-41?. The van der Waals surface area contributed by atoms with Gasteiger partial charge in [-0.2, -0.15) is 16.8 Å². The fraction of sp³-hybridized carbons (Fsp3) is 0.362. The van der Waals surface area contributed by atoms with Gasteiger partial charge >= 0.3 is 5.97 Å². The van der Waals surface area contributed by atoms with Crippen LogP contribution in [0, 0.1) is 17.0 Å². The number of nitro groups is 1. The third kappa shape index (κ3) is 12.6. The number of amides is 2. The number of rotatable bonds is 20. The number of imide groups is 1. The summed E-state index contributed by atoms with van der Waals surface area (Å²) in [6, 6.07) is 15.3. The van der Waals surface area contributed by atoms with E-state index >= 15 is 0 Å². The monoisotopic (exact) mass is 930 g/mol. The number of carbonyl (C=O) groups excluding carboxylic acids is 3. The molecule has 1 fully saturated rings. The van der Waals surface area contributed by atoms with E-state index < -0.39 is 53.8 Å². The SMILES string of the molecule is Cc1ccc(S(=O)(=O)O)cc1C(C)(C)C(/C=C/C=C/C=C/C=C1/N(CCCCCC(=O)ON2C(=O)CCC2=O)c2ccc(S(=O)(=O)O)cc2C1(C)C)=NCCCc1ccc([N+](=O)[O-])cc1. The van der Waals surface area contributed by atoms with Crippen molar-refractivity contribution in [2.45, 2.75) is 107 Å². The van der Waals surface area contributed by atoms with Crippen LogP contribution in [0.1, 0.15) is 94.9 Å². The van der Waals surface area contributed by atoms with E-state index in [2.05, 4.69) is 4.90 Å². The molecule has 0 unspecified atom stereocenters. The van der Waals surface area contributed by atoms with Crippen LogP contribution in [-0.4, -0.2) is 72.5 Å². The largest absolute Gasteiger partial charge is 0.344 e. The Labute approximate surface area is 379 Å². The van der Waals surface area contributed by atoms with E-state index in [1.807, 2.05) is 77.2 Å². The van der Waals surface area contributed by atoms with Crippen molar-refractivity contribution in [3.05, 3.63) is 141 Å². The summed E-state index contributed by atoms with van der Waals surface area (Å²) < 4.78 is 68.0. The molecule has 2 amide bonds. The van der Waals surface area contributed by atoms with E-state index in [0.29, 0.717) is 67.1 Å². The highest BCUT2D eigenvalue weighted by Gasteiger charge is 2.40. The number of hydroxylamine groups is 2. The summed E-state index contributed by atoms with van der Waals surface area (Å²) in [6.45, 7) is 10.5. The third-order valence-electron chi connectivity index (χ3n) is 11.4. The Morgan fingerprint density at radius 1 is 0.862 bits per heavy atom. The molecule has 0 spiro atoms. The molecule has 16 nitrogen and oxygen atoms in total. The highest BCUT2D eigenvalue weighted by atomic mass is 32.2. The Hall–Kier alpha value is -6.08. The van der Waals surface area contributed by atoms with Crippen LogP contribution in [-0.2, 0) is 56.7 Å². The maximum atomic E-state index is 12.3. The molecule has 65 heavy (non-hydrogen) atoms. The van der Waals surface area contributed by atoms with Crippen LogP contribution in [0.2, 0.25) is 0 Å². The summed E-state index contributed by atoms with van der Waals surface area (Å²) in [4.78, 5) is 58.1. The first kappa shape index (κ1) is 49.9. The molecule has 3 aromatic carbocycles. The van der Waals surface area contributed by atoms with Crippen LogP contribution in [0.25, 0.3) is 0 Å². The van der Waals surface area contributed by atoms with Crippen LogP contribution in [0.15, 0.2) is 124 Å². The van der Waals surface area contributed by atoms with Crippen LogP contribution in [0.3, 0.4) is 0 Å². The number of benzene rings is 3. The van der Waals surface area contributed by atoms with Gasteiger partial charge in [0.15, 0.2) is 0 Å². The molecule has 2 heterocycles. The zero-order valence-corrected chi connectivity index (χ0v) is 38.6. The number of unbranched alkanes of at least 4 members (excludes halogenated alkanes) is 2. The van der Waals surface area contributed by atoms with Crippen molar-refractivity contribution < 1.29 is 50.1 Å². The lowest BCUT2D eigenvalue weighted by molar-refractivity contribution is -0.384. The first-order valence-corrected chi connectivity index (χ1v) is 23.9. The van der Waals surface area contributed by atoms with E-state index in [1.54, 1.807) is 24.3 Å². The van der Waals surface area contributed by atoms with Gasteiger partial charge in [0.05, 0.1) is 14.7 Å². The number of fused-ring (bicyclic) bond motifs is 1. The van der Waals surface area contributed by atoms with Crippen molar-refractivity contribution in [3.63, 3.8) is 0 Å². The molecule has 2 N–H and O–H groups in total. The second kappa shape index (κ2) is 20.8. The predicted octanol–water partition coefficient (Wildman–Crippen LogP) is 8.27. The Morgan fingerprint density at radius 2 is 1.48 bits per heavy atom. The van der Waals surface area contributed by atoms with Crippen molar-refractivity contribution in [1.82, 2.24) is 5.06 Å². The van der Waals surface area contributed by atoms with Gasteiger partial charge in [0.1, 0.15) is 0 Å². The summed E-state index contributed by atoms with van der Waals surface area (Å²) in [5.74, 6) is -1.75. The minimum Gasteiger partial charge on any atom is -0.344 e. The average molecular weight is 931 g/mol. The van der Waals surface area contributed by atoms with Gasteiger partial charge in [0.2, 0.25) is 0 Å². The quantitative estimate of drug-likeness (QED) is 0.0207. The van der Waals surface area contributed by atoms with Gasteiger partial charge in [-0.25, -0.2) is 4.79 Å². The molecule has 0 saturated carbocycles. The summed E-state index contributed by atoms with van der Waals surface area (Å²) in [7, 11) is -8.94. The van der Waals surface area contributed by atoms with E-state index in [9.17, 15) is 50.4 Å². The van der Waals surface area contributed by atoms with Crippen molar-refractivity contribution >= 4 is 55.1 Å². The van der Waals surface area contributed by atoms with Crippen molar-refractivity contribution in [3.8, 4) is 0 Å². The smallest absolute Gasteiger partial charge is 0.333 e.